The van der Waals surface area contributed by atoms with E-state index in [1.54, 1.807) is 0 Å². The summed E-state index contributed by atoms with van der Waals surface area (Å²) in [7, 11) is 0. The van der Waals surface area contributed by atoms with E-state index in [1.807, 2.05) is 0 Å². The fourth-order valence-electron chi connectivity index (χ4n) is 6.14. The van der Waals surface area contributed by atoms with Gasteiger partial charge in [0.15, 0.2) is 5.82 Å². The molecule has 0 radical (unpaired) electrons. The van der Waals surface area contributed by atoms with Crippen molar-refractivity contribution >= 4 is 0 Å². The molecule has 4 saturated carbocycles. The molecule has 1 saturated heterocycles. The molecule has 1 atom stereocenters. The maximum Gasteiger partial charge on any atom is 0.156 e. The molecule has 1 aromatic rings. The van der Waals surface area contributed by atoms with Crippen molar-refractivity contribution in [1.29, 1.82) is 0 Å². The fraction of sp³-hybridized carbons (Fsp3) is 0.882. The molecule has 0 spiro atoms. The van der Waals surface area contributed by atoms with Crippen molar-refractivity contribution in [1.82, 2.24) is 20.5 Å². The summed E-state index contributed by atoms with van der Waals surface area (Å²) in [6.45, 7) is 1.12. The molecule has 2 heterocycles. The zero-order valence-corrected chi connectivity index (χ0v) is 12.8. The monoisotopic (exact) mass is 286 g/mol. The predicted octanol–water partition coefficient (Wildman–Crippen LogP) is 3.09. The standard InChI is InChI=1S/C17H26N4/c1-2-4-18-14(3-1)15-19-16(21-20-15)17-8-11-5-12(9-17)7-13(6-11)10-17/h11-14,18H,1-10H2,(H,19,20,21). The first-order chi connectivity index (χ1) is 10.3. The van der Waals surface area contributed by atoms with Crippen LogP contribution >= 0.6 is 0 Å². The van der Waals surface area contributed by atoms with Crippen molar-refractivity contribution in [2.24, 2.45) is 17.8 Å². The summed E-state index contributed by atoms with van der Waals surface area (Å²) >= 11 is 0. The maximum atomic E-state index is 4.99. The van der Waals surface area contributed by atoms with Crippen LogP contribution in [0, 0.1) is 17.8 Å². The van der Waals surface area contributed by atoms with Gasteiger partial charge in [0, 0.05) is 5.41 Å². The van der Waals surface area contributed by atoms with Gasteiger partial charge in [0.1, 0.15) is 5.82 Å². The molecule has 5 aliphatic rings. The van der Waals surface area contributed by atoms with E-state index in [0.717, 1.165) is 35.9 Å². The third-order valence-corrected chi connectivity index (χ3v) is 6.66. The van der Waals surface area contributed by atoms with Crippen molar-refractivity contribution in [2.45, 2.75) is 69.2 Å². The number of nitrogens with one attached hydrogen (secondary N) is 2. The van der Waals surface area contributed by atoms with E-state index in [4.69, 9.17) is 10.1 Å². The van der Waals surface area contributed by atoms with Gasteiger partial charge in [-0.1, -0.05) is 6.42 Å². The highest BCUT2D eigenvalue weighted by Gasteiger charge is 2.53. The van der Waals surface area contributed by atoms with E-state index in [-0.39, 0.29) is 0 Å². The number of aromatic amines is 1. The summed E-state index contributed by atoms with van der Waals surface area (Å²) in [4.78, 5) is 4.99. The van der Waals surface area contributed by atoms with Gasteiger partial charge >= 0.3 is 0 Å². The summed E-state index contributed by atoms with van der Waals surface area (Å²) in [5, 5.41) is 11.6. The average molecular weight is 286 g/mol. The Morgan fingerprint density at radius 3 is 2.29 bits per heavy atom. The SMILES string of the molecule is C1CCC(c2nc(C34CC5CC(CC(C5)C3)C4)n[nH]2)NC1. The van der Waals surface area contributed by atoms with Crippen molar-refractivity contribution in [2.75, 3.05) is 6.54 Å². The van der Waals surface area contributed by atoms with Crippen molar-refractivity contribution < 1.29 is 0 Å². The van der Waals surface area contributed by atoms with Crippen LogP contribution in [0.5, 0.6) is 0 Å². The predicted molar refractivity (Wildman–Crippen MR) is 80.8 cm³/mol. The van der Waals surface area contributed by atoms with Crippen LogP contribution in [-0.4, -0.2) is 21.7 Å². The summed E-state index contributed by atoms with van der Waals surface area (Å²) in [6, 6.07) is 0.411. The summed E-state index contributed by atoms with van der Waals surface area (Å²) < 4.78 is 0. The Bertz CT molecular complexity index is 493. The quantitative estimate of drug-likeness (QED) is 0.878. The summed E-state index contributed by atoms with van der Waals surface area (Å²) in [5.74, 6) is 5.15. The molecule has 21 heavy (non-hydrogen) atoms. The molecule has 4 aliphatic carbocycles. The van der Waals surface area contributed by atoms with Crippen LogP contribution in [0.15, 0.2) is 0 Å². The van der Waals surface area contributed by atoms with Gasteiger partial charge < -0.3 is 5.32 Å². The fourth-order valence-corrected chi connectivity index (χ4v) is 6.14. The van der Waals surface area contributed by atoms with E-state index < -0.39 is 0 Å². The topological polar surface area (TPSA) is 53.6 Å². The van der Waals surface area contributed by atoms with E-state index >= 15 is 0 Å². The number of rotatable bonds is 2. The van der Waals surface area contributed by atoms with Crippen LogP contribution in [0.1, 0.15) is 75.5 Å². The average Bonchev–Trinajstić information content (AvgIpc) is 2.97. The van der Waals surface area contributed by atoms with Gasteiger partial charge in [-0.2, -0.15) is 5.10 Å². The molecule has 4 bridgehead atoms. The van der Waals surface area contributed by atoms with Gasteiger partial charge in [0.2, 0.25) is 0 Å². The Hall–Kier alpha value is -0.900. The van der Waals surface area contributed by atoms with E-state index in [1.165, 1.54) is 57.8 Å². The highest BCUT2D eigenvalue weighted by Crippen LogP contribution is 2.60. The van der Waals surface area contributed by atoms with Crippen LogP contribution in [0.3, 0.4) is 0 Å². The van der Waals surface area contributed by atoms with Gasteiger partial charge in [-0.15, -0.1) is 0 Å². The Morgan fingerprint density at radius 2 is 1.67 bits per heavy atom. The molecule has 0 amide bonds. The van der Waals surface area contributed by atoms with Gasteiger partial charge in [0.25, 0.3) is 0 Å². The lowest BCUT2D eigenvalue weighted by molar-refractivity contribution is -0.00927. The Morgan fingerprint density at radius 1 is 0.952 bits per heavy atom. The molecule has 1 aromatic heterocycles. The number of nitrogens with zero attached hydrogens (tertiary/aromatic N) is 2. The van der Waals surface area contributed by atoms with Crippen LogP contribution in [0.2, 0.25) is 0 Å². The second kappa shape index (κ2) is 4.55. The summed E-state index contributed by atoms with van der Waals surface area (Å²) in [6.07, 6.45) is 12.3. The second-order valence-electron chi connectivity index (χ2n) is 8.24. The largest absolute Gasteiger partial charge is 0.307 e. The van der Waals surface area contributed by atoms with Crippen molar-refractivity contribution in [3.8, 4) is 0 Å². The van der Waals surface area contributed by atoms with Gasteiger partial charge in [-0.25, -0.2) is 4.98 Å². The Balaban J connectivity index is 1.44. The normalized spacial score (nSPS) is 45.1. The van der Waals surface area contributed by atoms with E-state index in [9.17, 15) is 0 Å². The number of H-pyrrole nitrogens is 1. The first kappa shape index (κ1) is 12.6. The number of hydrogen-bond donors (Lipinski definition) is 2. The first-order valence-electron chi connectivity index (χ1n) is 8.97. The first-order valence-corrected chi connectivity index (χ1v) is 8.97. The summed E-state index contributed by atoms with van der Waals surface area (Å²) in [5.41, 5.74) is 0.332. The molecule has 114 valence electrons. The lowest BCUT2D eigenvalue weighted by atomic mass is 9.49. The Kier molecular flexibility index (Phi) is 2.73. The molecule has 5 fully saturated rings. The minimum atomic E-state index is 0.332. The third kappa shape index (κ3) is 1.98. The number of hydrogen-bond acceptors (Lipinski definition) is 3. The number of aromatic nitrogens is 3. The lowest BCUT2D eigenvalue weighted by Gasteiger charge is -2.55. The van der Waals surface area contributed by atoms with Crippen LogP contribution < -0.4 is 5.32 Å². The Labute approximate surface area is 126 Å². The van der Waals surface area contributed by atoms with Crippen molar-refractivity contribution in [3.63, 3.8) is 0 Å². The van der Waals surface area contributed by atoms with Gasteiger partial charge in [-0.3, -0.25) is 5.10 Å². The second-order valence-corrected chi connectivity index (χ2v) is 8.24. The highest BCUT2D eigenvalue weighted by atomic mass is 15.2. The molecule has 4 heteroatoms. The molecule has 2 N–H and O–H groups in total. The zero-order chi connectivity index (χ0) is 13.9. The molecular weight excluding hydrogens is 260 g/mol. The highest BCUT2D eigenvalue weighted by molar-refractivity contribution is 5.17. The smallest absolute Gasteiger partial charge is 0.156 e. The molecular formula is C17H26N4. The van der Waals surface area contributed by atoms with Gasteiger partial charge in [0.05, 0.1) is 6.04 Å². The van der Waals surface area contributed by atoms with E-state index in [0.29, 0.717) is 11.5 Å². The number of piperidine rings is 1. The third-order valence-electron chi connectivity index (χ3n) is 6.66. The van der Waals surface area contributed by atoms with Crippen LogP contribution in [0.4, 0.5) is 0 Å². The maximum absolute atomic E-state index is 4.99. The minimum absolute atomic E-state index is 0.332. The molecule has 1 unspecified atom stereocenters. The van der Waals surface area contributed by atoms with Crippen LogP contribution in [-0.2, 0) is 5.41 Å². The van der Waals surface area contributed by atoms with E-state index in [2.05, 4.69) is 10.4 Å². The molecule has 1 aliphatic heterocycles. The molecule has 4 nitrogen and oxygen atoms in total. The minimum Gasteiger partial charge on any atom is -0.307 e. The zero-order valence-electron chi connectivity index (χ0n) is 12.8. The van der Waals surface area contributed by atoms with Gasteiger partial charge in [-0.05, 0) is 75.7 Å². The lowest BCUT2D eigenvalue weighted by Crippen LogP contribution is -2.49. The molecule has 0 aromatic carbocycles. The van der Waals surface area contributed by atoms with Crippen molar-refractivity contribution in [3.05, 3.63) is 11.6 Å². The molecule has 6 rings (SSSR count). The van der Waals surface area contributed by atoms with Crippen LogP contribution in [0.25, 0.3) is 0 Å².